The van der Waals surface area contributed by atoms with E-state index in [2.05, 4.69) is 10.6 Å². The van der Waals surface area contributed by atoms with Crippen molar-refractivity contribution in [2.45, 2.75) is 45.2 Å². The van der Waals surface area contributed by atoms with E-state index in [1.165, 1.54) is 0 Å². The van der Waals surface area contributed by atoms with Gasteiger partial charge in [-0.2, -0.15) is 0 Å². The molecule has 18 heavy (non-hydrogen) atoms. The first-order valence-corrected chi connectivity index (χ1v) is 6.93. The molecule has 2 fully saturated rings. The maximum atomic E-state index is 12.1. The molecule has 5 heteroatoms. The minimum absolute atomic E-state index is 0.0450. The number of likely N-dealkylation sites (tertiary alicyclic amines) is 1. The predicted molar refractivity (Wildman–Crippen MR) is 69.0 cm³/mol. The number of carbonyl (C=O) groups excluding carboxylic acids is 2. The van der Waals surface area contributed by atoms with Crippen LogP contribution in [0.3, 0.4) is 0 Å². The molecule has 0 radical (unpaired) electrons. The van der Waals surface area contributed by atoms with Crippen molar-refractivity contribution in [3.63, 3.8) is 0 Å². The minimum atomic E-state index is -0.0450. The Hall–Kier alpha value is -1.10. The van der Waals surface area contributed by atoms with Gasteiger partial charge in [0.2, 0.25) is 11.8 Å². The molecule has 2 aliphatic rings. The Morgan fingerprint density at radius 1 is 1.61 bits per heavy atom. The fourth-order valence-electron chi connectivity index (χ4n) is 2.74. The number of nitrogens with one attached hydrogen (secondary N) is 2. The standard InChI is InChI=1S/C13H23N3O2/c1-3-9(2)15-12(17)8-16-7-11-10(13(16)18)5-4-6-14-11/h9-11,14H,3-8H2,1-2H3,(H,15,17). The highest BCUT2D eigenvalue weighted by Gasteiger charge is 2.41. The summed E-state index contributed by atoms with van der Waals surface area (Å²) in [6, 6.07) is 0.429. The molecule has 2 rings (SSSR count). The summed E-state index contributed by atoms with van der Waals surface area (Å²) in [6.45, 7) is 5.88. The number of amides is 2. The van der Waals surface area contributed by atoms with Crippen LogP contribution in [0.15, 0.2) is 0 Å². The van der Waals surface area contributed by atoms with Crippen molar-refractivity contribution in [1.82, 2.24) is 15.5 Å². The summed E-state index contributed by atoms with van der Waals surface area (Å²) in [5.74, 6) is 0.193. The van der Waals surface area contributed by atoms with Crippen LogP contribution < -0.4 is 10.6 Å². The maximum Gasteiger partial charge on any atom is 0.239 e. The Balaban J connectivity index is 1.86. The molecule has 3 unspecified atom stereocenters. The first-order valence-electron chi connectivity index (χ1n) is 6.93. The van der Waals surface area contributed by atoms with Gasteiger partial charge in [-0.1, -0.05) is 6.92 Å². The number of piperidine rings is 1. The van der Waals surface area contributed by atoms with E-state index in [0.29, 0.717) is 6.54 Å². The SMILES string of the molecule is CCC(C)NC(=O)CN1CC2NCCCC2C1=O. The summed E-state index contributed by atoms with van der Waals surface area (Å²) in [5, 5.41) is 6.28. The van der Waals surface area contributed by atoms with Crippen molar-refractivity contribution in [1.29, 1.82) is 0 Å². The first-order chi connectivity index (χ1) is 8.61. The van der Waals surface area contributed by atoms with Gasteiger partial charge in [0.15, 0.2) is 0 Å². The van der Waals surface area contributed by atoms with Crippen LogP contribution in [0.2, 0.25) is 0 Å². The quantitative estimate of drug-likeness (QED) is 0.747. The van der Waals surface area contributed by atoms with E-state index < -0.39 is 0 Å². The molecule has 0 aromatic carbocycles. The van der Waals surface area contributed by atoms with Gasteiger partial charge in [-0.15, -0.1) is 0 Å². The minimum Gasteiger partial charge on any atom is -0.352 e. The van der Waals surface area contributed by atoms with Crippen molar-refractivity contribution in [2.75, 3.05) is 19.6 Å². The lowest BCUT2D eigenvalue weighted by Gasteiger charge is -2.23. The van der Waals surface area contributed by atoms with E-state index in [0.717, 1.165) is 25.8 Å². The molecule has 0 aliphatic carbocycles. The number of fused-ring (bicyclic) bond motifs is 1. The van der Waals surface area contributed by atoms with Gasteiger partial charge in [-0.05, 0) is 32.7 Å². The fourth-order valence-corrected chi connectivity index (χ4v) is 2.74. The van der Waals surface area contributed by atoms with E-state index in [1.54, 1.807) is 4.90 Å². The van der Waals surface area contributed by atoms with Crippen LogP contribution in [0.4, 0.5) is 0 Å². The van der Waals surface area contributed by atoms with Gasteiger partial charge in [-0.3, -0.25) is 9.59 Å². The van der Waals surface area contributed by atoms with Crippen molar-refractivity contribution in [2.24, 2.45) is 5.92 Å². The molecule has 2 saturated heterocycles. The van der Waals surface area contributed by atoms with Gasteiger partial charge in [0.1, 0.15) is 0 Å². The Kier molecular flexibility index (Phi) is 4.22. The molecule has 0 saturated carbocycles. The zero-order chi connectivity index (χ0) is 13.1. The molecule has 2 aliphatic heterocycles. The highest BCUT2D eigenvalue weighted by atomic mass is 16.2. The molecule has 3 atom stereocenters. The Morgan fingerprint density at radius 2 is 2.39 bits per heavy atom. The molecule has 5 nitrogen and oxygen atoms in total. The second kappa shape index (κ2) is 5.69. The molecule has 0 spiro atoms. The number of carbonyl (C=O) groups is 2. The average Bonchev–Trinajstić information content (AvgIpc) is 2.66. The number of hydrogen-bond acceptors (Lipinski definition) is 3. The molecule has 2 N–H and O–H groups in total. The van der Waals surface area contributed by atoms with E-state index in [-0.39, 0.29) is 36.4 Å². The van der Waals surface area contributed by atoms with E-state index in [9.17, 15) is 9.59 Å². The lowest BCUT2D eigenvalue weighted by atomic mass is 9.94. The summed E-state index contributed by atoms with van der Waals surface area (Å²) >= 11 is 0. The zero-order valence-electron chi connectivity index (χ0n) is 11.2. The van der Waals surface area contributed by atoms with Gasteiger partial charge in [-0.25, -0.2) is 0 Å². The second-order valence-corrected chi connectivity index (χ2v) is 5.40. The fraction of sp³-hybridized carbons (Fsp3) is 0.846. The normalized spacial score (nSPS) is 29.0. The number of hydrogen-bond donors (Lipinski definition) is 2. The zero-order valence-corrected chi connectivity index (χ0v) is 11.2. The average molecular weight is 253 g/mol. The van der Waals surface area contributed by atoms with Gasteiger partial charge >= 0.3 is 0 Å². The van der Waals surface area contributed by atoms with Gasteiger partial charge in [0, 0.05) is 18.6 Å². The molecular weight excluding hydrogens is 230 g/mol. The van der Waals surface area contributed by atoms with Crippen LogP contribution in [-0.2, 0) is 9.59 Å². The van der Waals surface area contributed by atoms with E-state index in [4.69, 9.17) is 0 Å². The van der Waals surface area contributed by atoms with Crippen LogP contribution in [0.25, 0.3) is 0 Å². The van der Waals surface area contributed by atoms with Gasteiger partial charge in [0.05, 0.1) is 12.5 Å². The molecule has 2 amide bonds. The molecule has 102 valence electrons. The van der Waals surface area contributed by atoms with E-state index in [1.807, 2.05) is 13.8 Å². The smallest absolute Gasteiger partial charge is 0.239 e. The van der Waals surface area contributed by atoms with Crippen molar-refractivity contribution in [3.05, 3.63) is 0 Å². The van der Waals surface area contributed by atoms with Crippen LogP contribution >= 0.6 is 0 Å². The lowest BCUT2D eigenvalue weighted by Crippen LogP contribution is -2.42. The molecule has 0 bridgehead atoms. The largest absolute Gasteiger partial charge is 0.352 e. The van der Waals surface area contributed by atoms with Crippen molar-refractivity contribution >= 4 is 11.8 Å². The number of rotatable bonds is 4. The maximum absolute atomic E-state index is 12.1. The highest BCUT2D eigenvalue weighted by Crippen LogP contribution is 2.25. The summed E-state index contributed by atoms with van der Waals surface area (Å²) in [6.07, 6.45) is 2.92. The topological polar surface area (TPSA) is 61.4 Å². The summed E-state index contributed by atoms with van der Waals surface area (Å²) in [5.41, 5.74) is 0. The third-order valence-corrected chi connectivity index (χ3v) is 3.98. The Bertz CT molecular complexity index is 332. The summed E-state index contributed by atoms with van der Waals surface area (Å²) < 4.78 is 0. The molecule has 0 aromatic heterocycles. The third kappa shape index (κ3) is 2.83. The van der Waals surface area contributed by atoms with Crippen LogP contribution in [0, 0.1) is 5.92 Å². The highest BCUT2D eigenvalue weighted by molar-refractivity contribution is 5.88. The Labute approximate surface area is 108 Å². The van der Waals surface area contributed by atoms with Crippen LogP contribution in [0.5, 0.6) is 0 Å². The predicted octanol–water partition coefficient (Wildman–Crippen LogP) is 0.112. The molecular formula is C13H23N3O2. The third-order valence-electron chi connectivity index (χ3n) is 3.98. The number of nitrogens with zero attached hydrogens (tertiary/aromatic N) is 1. The first kappa shape index (κ1) is 13.3. The Morgan fingerprint density at radius 3 is 3.06 bits per heavy atom. The lowest BCUT2D eigenvalue weighted by molar-refractivity contribution is -0.135. The molecule has 0 aromatic rings. The van der Waals surface area contributed by atoms with E-state index >= 15 is 0 Å². The monoisotopic (exact) mass is 253 g/mol. The summed E-state index contributed by atoms with van der Waals surface area (Å²) in [4.78, 5) is 25.6. The van der Waals surface area contributed by atoms with Gasteiger partial charge in [0.25, 0.3) is 0 Å². The van der Waals surface area contributed by atoms with Crippen LogP contribution in [-0.4, -0.2) is 48.4 Å². The van der Waals surface area contributed by atoms with Crippen molar-refractivity contribution < 1.29 is 9.59 Å². The second-order valence-electron chi connectivity index (χ2n) is 5.40. The summed E-state index contributed by atoms with van der Waals surface area (Å²) in [7, 11) is 0. The van der Waals surface area contributed by atoms with Crippen molar-refractivity contribution in [3.8, 4) is 0 Å². The molecule has 2 heterocycles. The van der Waals surface area contributed by atoms with Crippen LogP contribution in [0.1, 0.15) is 33.1 Å². The van der Waals surface area contributed by atoms with Gasteiger partial charge < -0.3 is 15.5 Å².